The van der Waals surface area contributed by atoms with Crippen LogP contribution in [-0.2, 0) is 10.8 Å². The Bertz CT molecular complexity index is 3650. The first-order chi connectivity index (χ1) is 35.7. The lowest BCUT2D eigenvalue weighted by atomic mass is 9.82. The number of para-hydroxylation sites is 2. The van der Waals surface area contributed by atoms with E-state index >= 15 is 0 Å². The maximum Gasteiger partial charge on any atom is 0.136 e. The zero-order valence-electron chi connectivity index (χ0n) is 45.9. The van der Waals surface area contributed by atoms with E-state index in [0.29, 0.717) is 0 Å². The van der Waals surface area contributed by atoms with E-state index in [-0.39, 0.29) is 10.8 Å². The second-order valence-electron chi connectivity index (χ2n) is 24.8. The van der Waals surface area contributed by atoms with Crippen LogP contribution in [0.15, 0.2) is 211 Å². The van der Waals surface area contributed by atoms with Gasteiger partial charge >= 0.3 is 0 Å². The highest BCUT2D eigenvalue weighted by Crippen LogP contribution is 2.49. The molecule has 0 radical (unpaired) electrons. The largest absolute Gasteiger partial charge is 0.456 e. The summed E-state index contributed by atoms with van der Waals surface area (Å²) in [7, 11) is -3.09. The molecular formula is C70H70N2OSi2. The monoisotopic (exact) mass is 1010 g/mol. The zero-order valence-corrected chi connectivity index (χ0v) is 47.9. The number of fused-ring (bicyclic) bond motifs is 5. The van der Waals surface area contributed by atoms with E-state index in [1.165, 1.54) is 65.9 Å². The van der Waals surface area contributed by atoms with Crippen LogP contribution in [0.4, 0.5) is 34.1 Å². The molecule has 0 atom stereocenters. The number of hydrogen-bond acceptors (Lipinski definition) is 3. The smallest absolute Gasteiger partial charge is 0.136 e. The number of nitrogens with zero attached hydrogens (tertiary/aromatic N) is 2. The lowest BCUT2D eigenvalue weighted by Crippen LogP contribution is -2.37. The van der Waals surface area contributed by atoms with Gasteiger partial charge in [-0.25, -0.2) is 0 Å². The van der Waals surface area contributed by atoms with Crippen molar-refractivity contribution in [3.63, 3.8) is 0 Å². The molecule has 10 aromatic carbocycles. The average Bonchev–Trinajstić information content (AvgIpc) is 3.75. The van der Waals surface area contributed by atoms with Crippen LogP contribution in [0, 0.1) is 0 Å². The Morgan fingerprint density at radius 3 is 1.04 bits per heavy atom. The molecular weight excluding hydrogens is 941 g/mol. The number of benzene rings is 10. The predicted octanol–water partition coefficient (Wildman–Crippen LogP) is 19.9. The van der Waals surface area contributed by atoms with Crippen LogP contribution in [-0.4, -0.2) is 16.1 Å². The van der Waals surface area contributed by atoms with E-state index in [1.807, 2.05) is 0 Å². The number of hydrogen-bond donors (Lipinski definition) is 0. The van der Waals surface area contributed by atoms with Gasteiger partial charge in [-0.1, -0.05) is 225 Å². The van der Waals surface area contributed by atoms with Crippen LogP contribution in [0.5, 0.6) is 0 Å². The third-order valence-electron chi connectivity index (χ3n) is 15.2. The Morgan fingerprint density at radius 2 is 0.693 bits per heavy atom. The van der Waals surface area contributed by atoms with Gasteiger partial charge in [0.15, 0.2) is 0 Å². The van der Waals surface area contributed by atoms with E-state index in [0.717, 1.165) is 55.5 Å². The van der Waals surface area contributed by atoms with Crippen LogP contribution in [0.3, 0.4) is 0 Å². The van der Waals surface area contributed by atoms with Gasteiger partial charge in [0, 0.05) is 44.6 Å². The predicted molar refractivity (Wildman–Crippen MR) is 332 cm³/mol. The van der Waals surface area contributed by atoms with Gasteiger partial charge in [0.05, 0.1) is 27.5 Å². The molecule has 0 amide bonds. The Labute approximate surface area is 447 Å². The molecule has 0 fully saturated rings. The summed E-state index contributed by atoms with van der Waals surface area (Å²) < 4.78 is 6.96. The maximum absolute atomic E-state index is 6.96. The fourth-order valence-corrected chi connectivity index (χ4v) is 13.4. The highest BCUT2D eigenvalue weighted by molar-refractivity contribution is 6.89. The Kier molecular flexibility index (Phi) is 12.4. The second-order valence-corrected chi connectivity index (χ2v) is 34.9. The minimum absolute atomic E-state index is 0.127. The van der Waals surface area contributed by atoms with Crippen molar-refractivity contribution in [1.82, 2.24) is 0 Å². The summed E-state index contributed by atoms with van der Waals surface area (Å²) in [5, 5.41) is 9.74. The standard InChI is InChI=1S/C70H70N2OSi2/c1-69(2,3)63-27-19-25-59(47-21-15-13-16-22-47)67(63)71(53-33-37-57(38-34-53)74(7,8)9)55-31-29-49-43-61-62-44-50-30-32-56(42-52(50)46-66(62)73-65(61)45-51(49)41-55)72(54-35-39-58(40-36-54)75(10,11)12)68-60(48-23-17-14-18-24-48)26-20-28-64(68)70(4,5)6/h13-46H,1-12H3. The topological polar surface area (TPSA) is 19.6 Å². The highest BCUT2D eigenvalue weighted by atomic mass is 28.3. The first-order valence-electron chi connectivity index (χ1n) is 26.7. The van der Waals surface area contributed by atoms with Gasteiger partial charge in [0.25, 0.3) is 0 Å². The molecule has 0 N–H and O–H groups in total. The van der Waals surface area contributed by atoms with Crippen LogP contribution in [0.25, 0.3) is 65.7 Å². The van der Waals surface area contributed by atoms with Crippen molar-refractivity contribution in [1.29, 1.82) is 0 Å². The van der Waals surface area contributed by atoms with Crippen LogP contribution in [0.2, 0.25) is 39.3 Å². The molecule has 0 aliphatic rings. The van der Waals surface area contributed by atoms with Crippen molar-refractivity contribution in [2.24, 2.45) is 0 Å². The second kappa shape index (κ2) is 18.7. The van der Waals surface area contributed by atoms with Crippen molar-refractivity contribution >= 4 is 104 Å². The average molecular weight is 1010 g/mol. The fourth-order valence-electron chi connectivity index (χ4n) is 11.0. The van der Waals surface area contributed by atoms with Gasteiger partial charge in [-0.15, -0.1) is 0 Å². The first-order valence-corrected chi connectivity index (χ1v) is 33.7. The molecule has 0 spiro atoms. The fraction of sp³-hybridized carbons (Fsp3) is 0.200. The Balaban J connectivity index is 1.07. The molecule has 1 heterocycles. The number of anilines is 6. The summed E-state index contributed by atoms with van der Waals surface area (Å²) >= 11 is 0. The molecule has 0 saturated heterocycles. The molecule has 0 aliphatic heterocycles. The van der Waals surface area contributed by atoms with Gasteiger partial charge in [0.1, 0.15) is 11.2 Å². The summed E-state index contributed by atoms with van der Waals surface area (Å²) in [6, 6.07) is 77.2. The highest BCUT2D eigenvalue weighted by Gasteiger charge is 2.30. The van der Waals surface area contributed by atoms with E-state index < -0.39 is 16.1 Å². The number of rotatable bonds is 10. The van der Waals surface area contributed by atoms with Crippen molar-refractivity contribution in [3.05, 3.63) is 217 Å². The van der Waals surface area contributed by atoms with Crippen LogP contribution < -0.4 is 20.2 Å². The molecule has 0 aliphatic carbocycles. The molecule has 1 aromatic heterocycles. The van der Waals surface area contributed by atoms with E-state index in [2.05, 4.69) is 297 Å². The summed E-state index contributed by atoms with van der Waals surface area (Å²) in [4.78, 5) is 4.99. The normalized spacial score (nSPS) is 12.5. The van der Waals surface area contributed by atoms with Gasteiger partial charge in [0.2, 0.25) is 0 Å². The molecule has 0 saturated carbocycles. The van der Waals surface area contributed by atoms with Gasteiger partial charge < -0.3 is 14.2 Å². The summed E-state index contributed by atoms with van der Waals surface area (Å²) in [6.45, 7) is 28.5. The number of furan rings is 1. The summed E-state index contributed by atoms with van der Waals surface area (Å²) in [5.74, 6) is 0. The molecule has 3 nitrogen and oxygen atoms in total. The van der Waals surface area contributed by atoms with Crippen LogP contribution >= 0.6 is 0 Å². The molecule has 0 unspecified atom stereocenters. The van der Waals surface area contributed by atoms with Gasteiger partial charge in [-0.2, -0.15) is 0 Å². The van der Waals surface area contributed by atoms with Gasteiger partial charge in [-0.3, -0.25) is 0 Å². The molecule has 5 heteroatoms. The third kappa shape index (κ3) is 9.53. The molecule has 0 bridgehead atoms. The quantitative estimate of drug-likeness (QED) is 0.127. The zero-order chi connectivity index (χ0) is 52.6. The molecule has 374 valence electrons. The lowest BCUT2D eigenvalue weighted by molar-refractivity contribution is 0.591. The Hall–Kier alpha value is -7.45. The summed E-state index contributed by atoms with van der Waals surface area (Å²) in [5.41, 5.74) is 15.8. The van der Waals surface area contributed by atoms with E-state index in [1.54, 1.807) is 0 Å². The van der Waals surface area contributed by atoms with E-state index in [9.17, 15) is 0 Å². The Morgan fingerprint density at radius 1 is 0.333 bits per heavy atom. The van der Waals surface area contributed by atoms with E-state index in [4.69, 9.17) is 4.42 Å². The maximum atomic E-state index is 6.96. The van der Waals surface area contributed by atoms with Gasteiger partial charge in [-0.05, 0) is 127 Å². The molecule has 11 aromatic rings. The lowest BCUT2D eigenvalue weighted by Gasteiger charge is -2.34. The first kappa shape index (κ1) is 49.7. The minimum atomic E-state index is -1.54. The third-order valence-corrected chi connectivity index (χ3v) is 19.3. The van der Waals surface area contributed by atoms with Crippen LogP contribution in [0.1, 0.15) is 52.7 Å². The minimum Gasteiger partial charge on any atom is -0.456 e. The van der Waals surface area contributed by atoms with Crippen molar-refractivity contribution in [2.75, 3.05) is 9.80 Å². The molecule has 11 rings (SSSR count). The van der Waals surface area contributed by atoms with Crippen molar-refractivity contribution < 1.29 is 4.42 Å². The molecule has 75 heavy (non-hydrogen) atoms. The van der Waals surface area contributed by atoms with Crippen molar-refractivity contribution in [3.8, 4) is 22.3 Å². The summed E-state index contributed by atoms with van der Waals surface area (Å²) in [6.07, 6.45) is 0. The van der Waals surface area contributed by atoms with Crippen molar-refractivity contribution in [2.45, 2.75) is 91.7 Å². The SMILES string of the molecule is CC(C)(C)c1cccc(-c2ccccc2)c1N(c1ccc([Si](C)(C)C)cc1)c1ccc2cc3c(cc2c1)oc1cc2cc(N(c4ccc([Si](C)(C)C)cc4)c4c(-c5ccccc5)cccc4C(C)(C)C)ccc2cc13.